The lowest BCUT2D eigenvalue weighted by Gasteiger charge is -2.46. The molecule has 10 rings (SSSR count). The van der Waals surface area contributed by atoms with Gasteiger partial charge in [-0.1, -0.05) is 60.7 Å². The van der Waals surface area contributed by atoms with Crippen LogP contribution in [0.4, 0.5) is 17.1 Å². The number of fused-ring (bicyclic) bond motifs is 5. The van der Waals surface area contributed by atoms with Gasteiger partial charge in [-0.2, -0.15) is 0 Å². The first-order valence-corrected chi connectivity index (χ1v) is 21.7. The molecule has 2 saturated heterocycles. The van der Waals surface area contributed by atoms with Crippen LogP contribution in [-0.4, -0.2) is 77.0 Å². The predicted molar refractivity (Wildman–Crippen MR) is 231 cm³/mol. The van der Waals surface area contributed by atoms with E-state index in [2.05, 4.69) is 31.9 Å². The summed E-state index contributed by atoms with van der Waals surface area (Å²) in [6.07, 6.45) is 4.86. The van der Waals surface area contributed by atoms with Gasteiger partial charge in [-0.25, -0.2) is 0 Å². The minimum atomic E-state index is -1.09. The summed E-state index contributed by atoms with van der Waals surface area (Å²) in [4.78, 5) is 94.0. The lowest BCUT2D eigenvalue weighted by atomic mass is 9.56. The molecule has 0 aromatic heterocycles. The first-order valence-electron chi connectivity index (χ1n) is 20.9. The molecule has 2 bridgehead atoms. The number of rotatable bonds is 9. The Morgan fingerprint density at radius 1 is 0.806 bits per heavy atom. The predicted octanol–water partition coefficient (Wildman–Crippen LogP) is 5.89. The van der Waals surface area contributed by atoms with E-state index in [1.54, 1.807) is 48.5 Å². The van der Waals surface area contributed by atoms with Gasteiger partial charge in [0.2, 0.25) is 23.6 Å². The summed E-state index contributed by atoms with van der Waals surface area (Å²) in [6, 6.07) is 19.0. The van der Waals surface area contributed by atoms with Gasteiger partial charge < -0.3 is 21.3 Å². The molecular weight excluding hydrogens is 833 g/mol. The Kier molecular flexibility index (Phi) is 9.72. The van der Waals surface area contributed by atoms with Crippen LogP contribution in [0.15, 0.2) is 72.8 Å². The molecule has 2 aliphatic carbocycles. The average molecular weight is 875 g/mol. The maximum absolute atomic E-state index is 14.6. The number of anilines is 3. The van der Waals surface area contributed by atoms with Crippen molar-refractivity contribution in [3.8, 4) is 11.1 Å². The zero-order chi connectivity index (χ0) is 43.1. The van der Waals surface area contributed by atoms with Gasteiger partial charge in [0.15, 0.2) is 0 Å². The van der Waals surface area contributed by atoms with Crippen LogP contribution in [0.2, 0.25) is 10.0 Å². The van der Waals surface area contributed by atoms with Crippen molar-refractivity contribution >= 4 is 81.6 Å². The summed E-state index contributed by atoms with van der Waals surface area (Å²) in [7, 11) is 0. The van der Waals surface area contributed by atoms with Gasteiger partial charge >= 0.3 is 0 Å². The normalized spacial score (nSPS) is 23.9. The van der Waals surface area contributed by atoms with Crippen molar-refractivity contribution in [1.82, 2.24) is 20.9 Å². The number of halogens is 2. The standard InChI is InChI=1S/C46H41Cl2N7O7/c47-29-9-4-7-25-35(29)27-21-28-32(22-30(27)48)52-44(62)46(28)37(25)38(54-45(46)17-2-1-3-18-45)41(59)51-24-13-11-23(12-14-24)39(57)50-20-6-19-49-31-10-5-8-26-36(31)43(61)55(42(26)60)33-15-16-34(56)53-40(33)58/h4-5,7-14,21-22,33,37-38,49,54H,1-3,6,15-20H2,(H,50,57)(H,51,59)(H,52,62)(H,53,56,58)/t33?,37-,38+,46+/m0/s1. The van der Waals surface area contributed by atoms with E-state index in [1.165, 1.54) is 6.07 Å². The number of imide groups is 2. The maximum Gasteiger partial charge on any atom is 0.264 e. The highest BCUT2D eigenvalue weighted by Crippen LogP contribution is 2.66. The molecule has 1 unspecified atom stereocenters. The number of hydrogen-bond acceptors (Lipinski definition) is 9. The van der Waals surface area contributed by atoms with Crippen molar-refractivity contribution in [3.05, 3.63) is 111 Å². The van der Waals surface area contributed by atoms with Crippen LogP contribution in [-0.2, 0) is 24.6 Å². The third kappa shape index (κ3) is 5.98. The number of hydrogen-bond donors (Lipinski definition) is 6. The Morgan fingerprint density at radius 3 is 2.35 bits per heavy atom. The number of nitrogens with one attached hydrogen (secondary N) is 6. The lowest BCUT2D eigenvalue weighted by Crippen LogP contribution is -2.60. The van der Waals surface area contributed by atoms with Crippen LogP contribution in [0.5, 0.6) is 0 Å². The highest BCUT2D eigenvalue weighted by molar-refractivity contribution is 6.37. The molecule has 7 amide bonds. The Labute approximate surface area is 365 Å². The highest BCUT2D eigenvalue weighted by Gasteiger charge is 2.73. The highest BCUT2D eigenvalue weighted by atomic mass is 35.5. The number of piperidine rings is 1. The third-order valence-corrected chi connectivity index (χ3v) is 14.2. The fourth-order valence-corrected chi connectivity index (χ4v) is 11.5. The zero-order valence-corrected chi connectivity index (χ0v) is 34.8. The third-order valence-electron chi connectivity index (χ3n) is 13.6. The summed E-state index contributed by atoms with van der Waals surface area (Å²) in [5.41, 5.74) is 3.58. The van der Waals surface area contributed by atoms with Gasteiger partial charge in [0.1, 0.15) is 11.5 Å². The Morgan fingerprint density at radius 2 is 1.58 bits per heavy atom. The van der Waals surface area contributed by atoms with E-state index in [1.807, 2.05) is 18.2 Å². The Bertz CT molecular complexity index is 2660. The number of amides is 7. The lowest BCUT2D eigenvalue weighted by molar-refractivity contribution is -0.136. The zero-order valence-electron chi connectivity index (χ0n) is 33.3. The molecule has 2 spiro atoms. The van der Waals surface area contributed by atoms with Crippen molar-refractivity contribution in [2.45, 2.75) is 80.3 Å². The molecule has 6 N–H and O–H groups in total. The topological polar surface area (TPSA) is 195 Å². The fourth-order valence-electron chi connectivity index (χ4n) is 11.0. The second kappa shape index (κ2) is 15.1. The molecule has 3 fully saturated rings. The number of carbonyl (C=O) groups excluding carboxylic acids is 7. The van der Waals surface area contributed by atoms with Crippen molar-refractivity contribution < 1.29 is 33.6 Å². The van der Waals surface area contributed by atoms with Crippen molar-refractivity contribution in [2.75, 3.05) is 29.0 Å². The maximum atomic E-state index is 14.6. The van der Waals surface area contributed by atoms with E-state index in [0.29, 0.717) is 65.0 Å². The van der Waals surface area contributed by atoms with E-state index >= 15 is 0 Å². The molecule has 0 radical (unpaired) electrons. The van der Waals surface area contributed by atoms with Crippen molar-refractivity contribution in [3.63, 3.8) is 0 Å². The van der Waals surface area contributed by atoms with E-state index in [4.69, 9.17) is 23.2 Å². The second-order valence-corrected chi connectivity index (χ2v) is 17.7. The Hall–Kier alpha value is -6.09. The van der Waals surface area contributed by atoms with Gasteiger partial charge in [-0.3, -0.25) is 49.1 Å². The summed E-state index contributed by atoms with van der Waals surface area (Å²) < 4.78 is 0. The van der Waals surface area contributed by atoms with Crippen LogP contribution in [0.3, 0.4) is 0 Å². The van der Waals surface area contributed by atoms with Crippen LogP contribution < -0.4 is 31.9 Å². The van der Waals surface area contributed by atoms with Crippen LogP contribution in [0.25, 0.3) is 11.1 Å². The smallest absolute Gasteiger partial charge is 0.264 e. The monoisotopic (exact) mass is 873 g/mol. The second-order valence-electron chi connectivity index (χ2n) is 16.9. The Balaban J connectivity index is 0.808. The van der Waals surface area contributed by atoms with Gasteiger partial charge in [-0.15, -0.1) is 0 Å². The molecule has 4 aromatic carbocycles. The van der Waals surface area contributed by atoms with E-state index in [-0.39, 0.29) is 41.7 Å². The molecule has 4 atom stereocenters. The quantitative estimate of drug-likeness (QED) is 0.0878. The molecular formula is C46H41Cl2N7O7. The number of benzene rings is 4. The van der Waals surface area contributed by atoms with Crippen LogP contribution >= 0.6 is 23.2 Å². The van der Waals surface area contributed by atoms with Crippen LogP contribution in [0.1, 0.15) is 99.5 Å². The molecule has 4 heterocycles. The van der Waals surface area contributed by atoms with Crippen molar-refractivity contribution in [2.24, 2.45) is 0 Å². The number of nitrogens with zero attached hydrogens (tertiary/aromatic N) is 1. The van der Waals surface area contributed by atoms with Gasteiger partial charge in [0, 0.05) is 69.7 Å². The summed E-state index contributed by atoms with van der Waals surface area (Å²) in [6.45, 7) is 0.652. The average Bonchev–Trinajstić information content (AvgIpc) is 3.77. The fraction of sp³-hybridized carbons (Fsp3) is 0.326. The minimum Gasteiger partial charge on any atom is -0.384 e. The van der Waals surface area contributed by atoms with E-state index < -0.39 is 52.6 Å². The molecule has 16 heteroatoms. The molecule has 4 aliphatic heterocycles. The summed E-state index contributed by atoms with van der Waals surface area (Å²) in [5.74, 6) is -3.70. The first-order chi connectivity index (χ1) is 29.9. The van der Waals surface area contributed by atoms with E-state index in [9.17, 15) is 33.6 Å². The molecule has 14 nitrogen and oxygen atoms in total. The molecule has 6 aliphatic rings. The molecule has 4 aromatic rings. The molecule has 316 valence electrons. The van der Waals surface area contributed by atoms with Gasteiger partial charge in [0.05, 0.1) is 22.2 Å². The number of carbonyl (C=O) groups is 7. The largest absolute Gasteiger partial charge is 0.384 e. The van der Waals surface area contributed by atoms with Gasteiger partial charge in [-0.05, 0) is 91.4 Å². The van der Waals surface area contributed by atoms with Crippen molar-refractivity contribution in [1.29, 1.82) is 0 Å². The first kappa shape index (κ1) is 40.0. The SMILES string of the molecule is O=C1CCC(N2C(=O)c3cccc(NCCCNC(=O)c4ccc(NC(=O)[C@@H]5NC6(CCCCC6)[C@]67C(=O)Nc8cc(Cl)c(cc86)-c6c(Cl)cccc6[C@@H]57)cc4)c3C2=O)C(=O)N1. The molecule has 62 heavy (non-hydrogen) atoms. The van der Waals surface area contributed by atoms with Crippen LogP contribution in [0, 0.1) is 0 Å². The van der Waals surface area contributed by atoms with E-state index in [0.717, 1.165) is 46.4 Å². The van der Waals surface area contributed by atoms with Gasteiger partial charge in [0.25, 0.3) is 17.7 Å². The minimum absolute atomic E-state index is 0.0304. The summed E-state index contributed by atoms with van der Waals surface area (Å²) >= 11 is 13.8. The molecule has 1 saturated carbocycles. The summed E-state index contributed by atoms with van der Waals surface area (Å²) in [5, 5.41) is 19.2.